The maximum absolute atomic E-state index is 13.8. The molecule has 13 nitrogen and oxygen atoms in total. The van der Waals surface area contributed by atoms with Gasteiger partial charge in [0.2, 0.25) is 11.8 Å². The van der Waals surface area contributed by atoms with Crippen LogP contribution in [0, 0.1) is 10.8 Å². The normalized spacial score (nSPS) is 14.5. The minimum atomic E-state index is -1.21. The van der Waals surface area contributed by atoms with E-state index < -0.39 is 71.7 Å². The zero-order chi connectivity index (χ0) is 38.5. The summed E-state index contributed by atoms with van der Waals surface area (Å²) < 4.78 is 9.51. The molecule has 0 saturated heterocycles. The highest BCUT2D eigenvalue weighted by atomic mass is 16.5. The van der Waals surface area contributed by atoms with Gasteiger partial charge in [-0.15, -0.1) is 0 Å². The lowest BCUT2D eigenvalue weighted by Crippen LogP contribution is -2.60. The van der Waals surface area contributed by atoms with E-state index >= 15 is 0 Å². The third-order valence-corrected chi connectivity index (χ3v) is 8.83. The maximum Gasteiger partial charge on any atom is 0.407 e. The molecule has 0 bridgehead atoms. The van der Waals surface area contributed by atoms with Crippen molar-refractivity contribution >= 4 is 24.0 Å². The van der Waals surface area contributed by atoms with Crippen molar-refractivity contribution in [1.82, 2.24) is 26.3 Å². The molecule has 0 unspecified atom stereocenters. The zero-order valence-corrected chi connectivity index (χ0v) is 31.0. The fourth-order valence-corrected chi connectivity index (χ4v) is 5.72. The summed E-state index contributed by atoms with van der Waals surface area (Å²) in [5, 5.41) is 33.0. The lowest BCUT2D eigenvalue weighted by atomic mass is 9.84. The standard InChI is InChI=1S/C39H53N5O8/c1-38(2,3)32(43-36(49)51-6)34(47)41-28(21-26-16-18-27(19-17-26)29-15-11-12-20-40-29)23-31(46)30(22-25-13-9-8-10-14-25)42-35(48)33(39(4,5)24-45)44-37(50)52-7/h8-20,28,30-33,45-46H,21-24H2,1-7H3,(H,41,47)(H,42,48)(H,43,49)(H,44,50)/t28-,30-,31-,32+,33+/m0/s1. The molecule has 5 atom stereocenters. The Labute approximate surface area is 305 Å². The largest absolute Gasteiger partial charge is 0.453 e. The quantitative estimate of drug-likeness (QED) is 0.128. The third kappa shape index (κ3) is 12.3. The van der Waals surface area contributed by atoms with Crippen LogP contribution in [0.5, 0.6) is 0 Å². The predicted octanol–water partition coefficient (Wildman–Crippen LogP) is 3.77. The van der Waals surface area contributed by atoms with Crippen molar-refractivity contribution in [3.63, 3.8) is 0 Å². The molecular weight excluding hydrogens is 666 g/mol. The number of aromatic nitrogens is 1. The first kappa shape index (κ1) is 41.4. The monoisotopic (exact) mass is 719 g/mol. The van der Waals surface area contributed by atoms with Gasteiger partial charge in [-0.3, -0.25) is 14.6 Å². The minimum Gasteiger partial charge on any atom is -0.453 e. The van der Waals surface area contributed by atoms with Crippen molar-refractivity contribution in [2.45, 2.75) is 84.2 Å². The Kier molecular flexibility index (Phi) is 15.1. The van der Waals surface area contributed by atoms with E-state index in [0.29, 0.717) is 6.42 Å². The molecule has 1 aromatic heterocycles. The first-order chi connectivity index (χ1) is 24.6. The molecule has 0 aliphatic rings. The van der Waals surface area contributed by atoms with Gasteiger partial charge in [0.05, 0.1) is 38.7 Å². The van der Waals surface area contributed by atoms with Gasteiger partial charge >= 0.3 is 12.2 Å². The van der Waals surface area contributed by atoms with Gasteiger partial charge in [-0.1, -0.05) is 95.3 Å². The van der Waals surface area contributed by atoms with Gasteiger partial charge < -0.3 is 41.0 Å². The van der Waals surface area contributed by atoms with Crippen LogP contribution in [0.3, 0.4) is 0 Å². The number of hydrogen-bond acceptors (Lipinski definition) is 9. The summed E-state index contributed by atoms with van der Waals surface area (Å²) in [7, 11) is 2.39. The van der Waals surface area contributed by atoms with Crippen molar-refractivity contribution < 1.29 is 38.9 Å². The number of benzene rings is 2. The van der Waals surface area contributed by atoms with Gasteiger partial charge in [0, 0.05) is 23.2 Å². The summed E-state index contributed by atoms with van der Waals surface area (Å²) >= 11 is 0. The summed E-state index contributed by atoms with van der Waals surface area (Å²) in [6.07, 6.45) is -0.592. The van der Waals surface area contributed by atoms with Crippen LogP contribution in [0.1, 0.15) is 52.2 Å². The topological polar surface area (TPSA) is 188 Å². The summed E-state index contributed by atoms with van der Waals surface area (Å²) in [5.41, 5.74) is 1.61. The van der Waals surface area contributed by atoms with E-state index in [1.54, 1.807) is 20.0 Å². The molecule has 2 aromatic carbocycles. The predicted molar refractivity (Wildman–Crippen MR) is 197 cm³/mol. The lowest BCUT2D eigenvalue weighted by Gasteiger charge is -2.35. The molecule has 1 heterocycles. The fourth-order valence-electron chi connectivity index (χ4n) is 5.72. The summed E-state index contributed by atoms with van der Waals surface area (Å²) in [6, 6.07) is 18.9. The lowest BCUT2D eigenvalue weighted by molar-refractivity contribution is -0.129. The molecule has 0 spiro atoms. The molecule has 0 aliphatic carbocycles. The summed E-state index contributed by atoms with van der Waals surface area (Å²) in [5.74, 6) is -1.11. The molecule has 0 aliphatic heterocycles. The average molecular weight is 720 g/mol. The first-order valence-electron chi connectivity index (χ1n) is 17.2. The van der Waals surface area contributed by atoms with E-state index in [-0.39, 0.29) is 12.8 Å². The second-order valence-electron chi connectivity index (χ2n) is 14.6. The summed E-state index contributed by atoms with van der Waals surface area (Å²) in [6.45, 7) is 8.24. The van der Waals surface area contributed by atoms with Crippen molar-refractivity contribution in [2.75, 3.05) is 20.8 Å². The van der Waals surface area contributed by atoms with E-state index in [2.05, 4.69) is 26.3 Å². The number of alkyl carbamates (subject to hydrolysis) is 2. The van der Waals surface area contributed by atoms with E-state index in [9.17, 15) is 29.4 Å². The van der Waals surface area contributed by atoms with Gasteiger partial charge in [0.1, 0.15) is 12.1 Å². The van der Waals surface area contributed by atoms with Gasteiger partial charge in [-0.2, -0.15) is 0 Å². The maximum atomic E-state index is 13.8. The zero-order valence-electron chi connectivity index (χ0n) is 31.0. The second-order valence-corrected chi connectivity index (χ2v) is 14.6. The van der Waals surface area contributed by atoms with Crippen LogP contribution in [-0.2, 0) is 31.9 Å². The van der Waals surface area contributed by atoms with Gasteiger partial charge in [-0.05, 0) is 47.9 Å². The highest BCUT2D eigenvalue weighted by Crippen LogP contribution is 2.24. The van der Waals surface area contributed by atoms with Crippen LogP contribution in [-0.4, -0.2) is 90.3 Å². The molecule has 0 fully saturated rings. The third-order valence-electron chi connectivity index (χ3n) is 8.83. The SMILES string of the molecule is COC(=O)N[C@H](C(=O)N[C@@H](Cc1ccc(-c2ccccn2)cc1)C[C@H](O)[C@H](Cc1ccccc1)NC(=O)[C@@H](NC(=O)OC)C(C)(C)CO)C(C)(C)C. The number of carbonyl (C=O) groups excluding carboxylic acids is 4. The number of amides is 4. The molecule has 0 radical (unpaired) electrons. The number of nitrogens with zero attached hydrogens (tertiary/aromatic N) is 1. The molecule has 3 aromatic rings. The van der Waals surface area contributed by atoms with E-state index in [4.69, 9.17) is 9.47 Å². The van der Waals surface area contributed by atoms with Gasteiger partial charge in [0.25, 0.3) is 0 Å². The van der Waals surface area contributed by atoms with Crippen LogP contribution in [0.4, 0.5) is 9.59 Å². The minimum absolute atomic E-state index is 0.000903. The number of ether oxygens (including phenoxy) is 2. The molecule has 13 heteroatoms. The van der Waals surface area contributed by atoms with E-state index in [1.165, 1.54) is 14.2 Å². The Bertz CT molecular complexity index is 1600. The first-order valence-corrected chi connectivity index (χ1v) is 17.2. The molecule has 6 N–H and O–H groups in total. The van der Waals surface area contributed by atoms with Crippen molar-refractivity contribution in [3.8, 4) is 11.3 Å². The van der Waals surface area contributed by atoms with Crippen LogP contribution in [0.2, 0.25) is 0 Å². The van der Waals surface area contributed by atoms with E-state index in [0.717, 1.165) is 22.4 Å². The number of aliphatic hydroxyl groups excluding tert-OH is 2. The number of methoxy groups -OCH3 is 2. The molecule has 0 saturated carbocycles. The Hall–Kier alpha value is -5.01. The molecule has 4 amide bonds. The Balaban J connectivity index is 1.97. The van der Waals surface area contributed by atoms with Crippen molar-refractivity contribution in [2.24, 2.45) is 10.8 Å². The van der Waals surface area contributed by atoms with Crippen molar-refractivity contribution in [3.05, 3.63) is 90.1 Å². The number of pyridine rings is 1. The van der Waals surface area contributed by atoms with Crippen LogP contribution < -0.4 is 21.3 Å². The number of hydrogen-bond donors (Lipinski definition) is 6. The molecule has 282 valence electrons. The molecule has 3 rings (SSSR count). The Morgan fingerprint density at radius 3 is 1.81 bits per heavy atom. The van der Waals surface area contributed by atoms with Gasteiger partial charge in [-0.25, -0.2) is 9.59 Å². The molecular formula is C39H53N5O8. The van der Waals surface area contributed by atoms with Crippen LogP contribution in [0.25, 0.3) is 11.3 Å². The highest BCUT2D eigenvalue weighted by Gasteiger charge is 2.39. The van der Waals surface area contributed by atoms with Crippen molar-refractivity contribution in [1.29, 1.82) is 0 Å². The van der Waals surface area contributed by atoms with Gasteiger partial charge in [0.15, 0.2) is 0 Å². The number of rotatable bonds is 16. The summed E-state index contributed by atoms with van der Waals surface area (Å²) in [4.78, 5) is 56.5. The average Bonchev–Trinajstić information content (AvgIpc) is 3.12. The number of aliphatic hydroxyl groups is 2. The van der Waals surface area contributed by atoms with Crippen LogP contribution in [0.15, 0.2) is 79.0 Å². The number of nitrogens with one attached hydrogen (secondary N) is 4. The second kappa shape index (κ2) is 19.0. The van der Waals surface area contributed by atoms with E-state index in [1.807, 2.05) is 93.6 Å². The molecule has 52 heavy (non-hydrogen) atoms. The fraction of sp³-hybridized carbons (Fsp3) is 0.462. The number of carbonyl (C=O) groups is 4. The highest BCUT2D eigenvalue weighted by molar-refractivity contribution is 5.87. The Morgan fingerprint density at radius 1 is 0.712 bits per heavy atom. The Morgan fingerprint density at radius 2 is 1.27 bits per heavy atom. The van der Waals surface area contributed by atoms with Crippen LogP contribution >= 0.6 is 0 Å². The smallest absolute Gasteiger partial charge is 0.407 e.